The molecule has 1 aliphatic heterocycles. The van der Waals surface area contributed by atoms with Crippen LogP contribution >= 0.6 is 0 Å². The Morgan fingerprint density at radius 2 is 1.68 bits per heavy atom. The number of pyridine rings is 1. The Morgan fingerprint density at radius 3 is 2.38 bits per heavy atom. The first kappa shape index (κ1) is 27.1. The number of rotatable bonds is 5. The molecular weight excluding hydrogens is 504 g/mol. The zero-order valence-corrected chi connectivity index (χ0v) is 23.5. The van der Waals surface area contributed by atoms with Crippen molar-refractivity contribution in [2.45, 2.75) is 33.3 Å². The van der Waals surface area contributed by atoms with Crippen molar-refractivity contribution in [3.63, 3.8) is 0 Å². The number of carbonyl (C=O) groups excluding carboxylic acids is 2. The maximum atomic E-state index is 12.4. The summed E-state index contributed by atoms with van der Waals surface area (Å²) < 4.78 is 7.56. The molecule has 0 bridgehead atoms. The lowest BCUT2D eigenvalue weighted by Crippen LogP contribution is -2.50. The number of fused-ring (bicyclic) bond motifs is 1. The first-order valence-corrected chi connectivity index (χ1v) is 13.7. The van der Waals surface area contributed by atoms with Gasteiger partial charge in [0, 0.05) is 55.9 Å². The van der Waals surface area contributed by atoms with Crippen LogP contribution in [-0.2, 0) is 4.74 Å². The van der Waals surface area contributed by atoms with Crippen molar-refractivity contribution in [1.82, 2.24) is 19.6 Å². The fourth-order valence-corrected chi connectivity index (χ4v) is 4.80. The highest BCUT2D eigenvalue weighted by molar-refractivity contribution is 5.90. The number of amides is 3. The maximum Gasteiger partial charge on any atom is 0.410 e. The van der Waals surface area contributed by atoms with Crippen LogP contribution in [0.25, 0.3) is 28.0 Å². The second-order valence-electron chi connectivity index (χ2n) is 10.9. The molecule has 0 unspecified atom stereocenters. The van der Waals surface area contributed by atoms with Crippen molar-refractivity contribution < 1.29 is 14.3 Å². The second kappa shape index (κ2) is 11.3. The van der Waals surface area contributed by atoms with E-state index in [1.54, 1.807) is 4.90 Å². The summed E-state index contributed by atoms with van der Waals surface area (Å²) in [6.45, 7) is 10.9. The molecule has 1 aliphatic rings. The van der Waals surface area contributed by atoms with Crippen LogP contribution in [0.1, 0.15) is 27.7 Å². The van der Waals surface area contributed by atoms with Crippen molar-refractivity contribution in [3.05, 3.63) is 73.1 Å². The Labute approximate surface area is 234 Å². The van der Waals surface area contributed by atoms with E-state index in [1.807, 2.05) is 68.8 Å². The molecule has 3 amide bonds. The predicted molar refractivity (Wildman–Crippen MR) is 159 cm³/mol. The van der Waals surface area contributed by atoms with Gasteiger partial charge < -0.3 is 25.2 Å². The Bertz CT molecular complexity index is 1500. The van der Waals surface area contributed by atoms with Crippen LogP contribution in [0.15, 0.2) is 73.1 Å². The molecule has 0 radical (unpaired) electrons. The molecule has 40 heavy (non-hydrogen) atoms. The number of aromatic nitrogens is 2. The summed E-state index contributed by atoms with van der Waals surface area (Å²) in [5.74, 6) is 0. The highest BCUT2D eigenvalue weighted by atomic mass is 16.6. The molecular formula is C31H36N6O3. The van der Waals surface area contributed by atoms with Gasteiger partial charge in [0.1, 0.15) is 11.2 Å². The fraction of sp³-hybridized carbons (Fsp3) is 0.323. The summed E-state index contributed by atoms with van der Waals surface area (Å²) >= 11 is 0. The number of anilines is 2. The number of carbonyl (C=O) groups is 2. The van der Waals surface area contributed by atoms with E-state index in [-0.39, 0.29) is 12.1 Å². The van der Waals surface area contributed by atoms with Gasteiger partial charge in [0.15, 0.2) is 0 Å². The second-order valence-corrected chi connectivity index (χ2v) is 10.9. The normalized spacial score (nSPS) is 13.8. The average molecular weight is 541 g/mol. The van der Waals surface area contributed by atoms with Crippen molar-refractivity contribution in [2.24, 2.45) is 0 Å². The monoisotopic (exact) mass is 540 g/mol. The topological polar surface area (TPSA) is 91.2 Å². The third-order valence-electron chi connectivity index (χ3n) is 6.76. The molecule has 3 heterocycles. The minimum atomic E-state index is -0.485. The summed E-state index contributed by atoms with van der Waals surface area (Å²) in [5, 5.41) is 5.61. The van der Waals surface area contributed by atoms with E-state index in [2.05, 4.69) is 56.9 Å². The van der Waals surface area contributed by atoms with Crippen molar-refractivity contribution in [3.8, 4) is 22.4 Å². The van der Waals surface area contributed by atoms with Gasteiger partial charge in [-0.25, -0.2) is 14.6 Å². The summed E-state index contributed by atoms with van der Waals surface area (Å²) in [7, 11) is 0. The molecule has 208 valence electrons. The highest BCUT2D eigenvalue weighted by Gasteiger charge is 2.26. The molecule has 1 fully saturated rings. The SMILES string of the molecule is CCNC(=O)Nc1cccc(-c2cnc3cc(-c4ccc(N5CCN(C(=O)OC(C)(C)C)CC5)cc4)ccn23)c1. The zero-order valence-electron chi connectivity index (χ0n) is 23.5. The molecule has 0 aliphatic carbocycles. The van der Waals surface area contributed by atoms with Gasteiger partial charge in [-0.3, -0.25) is 4.40 Å². The molecule has 4 aromatic rings. The van der Waals surface area contributed by atoms with Gasteiger partial charge in [-0.1, -0.05) is 24.3 Å². The van der Waals surface area contributed by atoms with Gasteiger partial charge in [-0.15, -0.1) is 0 Å². The molecule has 9 nitrogen and oxygen atoms in total. The number of urea groups is 1. The van der Waals surface area contributed by atoms with E-state index in [0.717, 1.165) is 52.5 Å². The molecule has 9 heteroatoms. The van der Waals surface area contributed by atoms with Gasteiger partial charge in [-0.2, -0.15) is 0 Å². The molecule has 2 aromatic heterocycles. The van der Waals surface area contributed by atoms with E-state index < -0.39 is 5.60 Å². The van der Waals surface area contributed by atoms with E-state index in [9.17, 15) is 9.59 Å². The largest absolute Gasteiger partial charge is 0.444 e. The van der Waals surface area contributed by atoms with Gasteiger partial charge in [0.2, 0.25) is 0 Å². The average Bonchev–Trinajstić information content (AvgIpc) is 3.36. The highest BCUT2D eigenvalue weighted by Crippen LogP contribution is 2.28. The molecule has 0 saturated carbocycles. The molecule has 0 spiro atoms. The summed E-state index contributed by atoms with van der Waals surface area (Å²) in [6, 6.07) is 20.2. The smallest absolute Gasteiger partial charge is 0.410 e. The maximum absolute atomic E-state index is 12.4. The molecule has 1 saturated heterocycles. The van der Waals surface area contributed by atoms with Gasteiger partial charge >= 0.3 is 12.1 Å². The molecule has 2 aromatic carbocycles. The Balaban J connectivity index is 1.26. The summed E-state index contributed by atoms with van der Waals surface area (Å²) in [6.07, 6.45) is 3.63. The Morgan fingerprint density at radius 1 is 0.925 bits per heavy atom. The van der Waals surface area contributed by atoms with E-state index >= 15 is 0 Å². The van der Waals surface area contributed by atoms with Crippen LogP contribution in [0.4, 0.5) is 21.0 Å². The van der Waals surface area contributed by atoms with Gasteiger partial charge in [0.25, 0.3) is 0 Å². The number of imidazole rings is 1. The van der Waals surface area contributed by atoms with Crippen LogP contribution in [0, 0.1) is 0 Å². The fourth-order valence-electron chi connectivity index (χ4n) is 4.80. The Kier molecular flexibility index (Phi) is 7.64. The number of hydrogen-bond acceptors (Lipinski definition) is 5. The van der Waals surface area contributed by atoms with Crippen LogP contribution < -0.4 is 15.5 Å². The minimum Gasteiger partial charge on any atom is -0.444 e. The van der Waals surface area contributed by atoms with Crippen LogP contribution in [0.5, 0.6) is 0 Å². The van der Waals surface area contributed by atoms with E-state index in [4.69, 9.17) is 4.74 Å². The third-order valence-corrected chi connectivity index (χ3v) is 6.76. The lowest BCUT2D eigenvalue weighted by Gasteiger charge is -2.36. The van der Waals surface area contributed by atoms with Crippen molar-refractivity contribution in [2.75, 3.05) is 42.9 Å². The number of ether oxygens (including phenoxy) is 1. The molecule has 2 N–H and O–H groups in total. The summed E-state index contributed by atoms with van der Waals surface area (Å²) in [4.78, 5) is 33.0. The lowest BCUT2D eigenvalue weighted by molar-refractivity contribution is 0.0240. The number of hydrogen-bond donors (Lipinski definition) is 2. The van der Waals surface area contributed by atoms with Crippen molar-refractivity contribution in [1.29, 1.82) is 0 Å². The van der Waals surface area contributed by atoms with E-state index in [1.165, 1.54) is 0 Å². The number of nitrogens with one attached hydrogen (secondary N) is 2. The lowest BCUT2D eigenvalue weighted by atomic mass is 10.1. The quantitative estimate of drug-likeness (QED) is 0.331. The minimum absolute atomic E-state index is 0.225. The third kappa shape index (κ3) is 6.20. The zero-order chi connectivity index (χ0) is 28.3. The number of benzene rings is 2. The van der Waals surface area contributed by atoms with Crippen LogP contribution in [0.2, 0.25) is 0 Å². The van der Waals surface area contributed by atoms with Gasteiger partial charge in [-0.05, 0) is 75.2 Å². The van der Waals surface area contributed by atoms with Gasteiger partial charge in [0.05, 0.1) is 11.9 Å². The van der Waals surface area contributed by atoms with Crippen molar-refractivity contribution >= 4 is 29.1 Å². The standard InChI is InChI=1S/C31H36N6O3/c1-5-32-29(38)34-25-8-6-7-24(19-25)27-21-33-28-20-23(13-14-37(27)28)22-9-11-26(12-10-22)35-15-17-36(18-16-35)30(39)40-31(2,3)4/h6-14,19-21H,5,15-18H2,1-4H3,(H2,32,34,38). The number of piperazine rings is 1. The first-order chi connectivity index (χ1) is 19.2. The molecule has 5 rings (SSSR count). The van der Waals surface area contributed by atoms with Crippen LogP contribution in [0.3, 0.4) is 0 Å². The summed E-state index contributed by atoms with van der Waals surface area (Å²) in [5.41, 5.74) is 6.32. The Hall–Kier alpha value is -4.53. The van der Waals surface area contributed by atoms with E-state index in [0.29, 0.717) is 19.6 Å². The van der Waals surface area contributed by atoms with Crippen LogP contribution in [-0.4, -0.2) is 64.7 Å². The molecule has 0 atom stereocenters. The number of nitrogens with zero attached hydrogens (tertiary/aromatic N) is 4. The predicted octanol–water partition coefficient (Wildman–Crippen LogP) is 5.87. The first-order valence-electron chi connectivity index (χ1n) is 13.7.